The van der Waals surface area contributed by atoms with Gasteiger partial charge in [-0.25, -0.2) is 0 Å². The highest BCUT2D eigenvalue weighted by molar-refractivity contribution is 8.00. The number of aryl methyl sites for hydroxylation is 1. The molecular formula is C14H20N2OS. The van der Waals surface area contributed by atoms with Crippen LogP contribution in [0.3, 0.4) is 0 Å². The lowest BCUT2D eigenvalue weighted by atomic mass is 9.88. The van der Waals surface area contributed by atoms with Crippen molar-refractivity contribution in [3.8, 4) is 0 Å². The van der Waals surface area contributed by atoms with Crippen LogP contribution in [0.5, 0.6) is 0 Å². The summed E-state index contributed by atoms with van der Waals surface area (Å²) in [6.45, 7) is 4.12. The molecule has 1 saturated heterocycles. The fourth-order valence-corrected chi connectivity index (χ4v) is 3.70. The zero-order valence-electron chi connectivity index (χ0n) is 10.9. The number of carbonyl (C=O) groups excluding carboxylic acids is 1. The van der Waals surface area contributed by atoms with Gasteiger partial charge in [0.2, 0.25) is 5.91 Å². The number of amides is 1. The van der Waals surface area contributed by atoms with E-state index >= 15 is 0 Å². The molecule has 3 nitrogen and oxygen atoms in total. The van der Waals surface area contributed by atoms with Gasteiger partial charge in [0.1, 0.15) is 5.54 Å². The van der Waals surface area contributed by atoms with Crippen LogP contribution < -0.4 is 11.1 Å². The second kappa shape index (κ2) is 5.22. The molecule has 1 fully saturated rings. The zero-order chi connectivity index (χ0) is 13.2. The molecule has 1 aromatic carbocycles. The van der Waals surface area contributed by atoms with E-state index in [0.29, 0.717) is 0 Å². The van der Waals surface area contributed by atoms with Crippen LogP contribution in [0.25, 0.3) is 0 Å². The smallest absolute Gasteiger partial charge is 0.244 e. The summed E-state index contributed by atoms with van der Waals surface area (Å²) in [4.78, 5) is 11.9. The molecule has 2 atom stereocenters. The molecule has 3 N–H and O–H groups in total. The molecule has 0 aromatic heterocycles. The van der Waals surface area contributed by atoms with Crippen molar-refractivity contribution in [2.45, 2.75) is 37.5 Å². The van der Waals surface area contributed by atoms with Crippen molar-refractivity contribution in [3.05, 3.63) is 29.8 Å². The molecule has 2 rings (SSSR count). The highest BCUT2D eigenvalue weighted by atomic mass is 32.2. The highest BCUT2D eigenvalue weighted by Gasteiger charge is 2.44. The molecule has 0 spiro atoms. The lowest BCUT2D eigenvalue weighted by Crippen LogP contribution is -2.58. The van der Waals surface area contributed by atoms with Gasteiger partial charge < -0.3 is 11.1 Å². The number of thioether (sulfide) groups is 1. The first-order chi connectivity index (χ1) is 8.56. The Morgan fingerprint density at radius 1 is 1.50 bits per heavy atom. The van der Waals surface area contributed by atoms with Gasteiger partial charge in [-0.1, -0.05) is 25.1 Å². The second-order valence-corrected chi connectivity index (χ2v) is 6.34. The molecule has 1 amide bonds. The van der Waals surface area contributed by atoms with Crippen LogP contribution in [0.15, 0.2) is 24.3 Å². The maximum atomic E-state index is 11.9. The Hall–Kier alpha value is -1.16. The molecule has 0 radical (unpaired) electrons. The molecule has 1 heterocycles. The normalized spacial score (nSPS) is 27.8. The van der Waals surface area contributed by atoms with E-state index in [0.717, 1.165) is 29.8 Å². The van der Waals surface area contributed by atoms with Crippen LogP contribution in [-0.4, -0.2) is 22.4 Å². The molecule has 18 heavy (non-hydrogen) atoms. The third-order valence-corrected chi connectivity index (χ3v) is 5.15. The van der Waals surface area contributed by atoms with Gasteiger partial charge in [-0.2, -0.15) is 11.8 Å². The summed E-state index contributed by atoms with van der Waals surface area (Å²) >= 11 is 1.82. The molecule has 4 heteroatoms. The van der Waals surface area contributed by atoms with Gasteiger partial charge in [0.25, 0.3) is 0 Å². The van der Waals surface area contributed by atoms with Crippen molar-refractivity contribution in [2.24, 2.45) is 5.73 Å². The van der Waals surface area contributed by atoms with E-state index in [1.807, 2.05) is 43.0 Å². The average molecular weight is 264 g/mol. The molecule has 98 valence electrons. The zero-order valence-corrected chi connectivity index (χ0v) is 11.7. The molecule has 0 bridgehead atoms. The van der Waals surface area contributed by atoms with E-state index in [2.05, 4.69) is 12.2 Å². The van der Waals surface area contributed by atoms with Crippen molar-refractivity contribution in [1.82, 2.24) is 0 Å². The van der Waals surface area contributed by atoms with Gasteiger partial charge >= 0.3 is 0 Å². The van der Waals surface area contributed by atoms with Crippen LogP contribution in [0, 0.1) is 6.92 Å². The highest BCUT2D eigenvalue weighted by Crippen LogP contribution is 2.37. The van der Waals surface area contributed by atoms with Crippen molar-refractivity contribution in [1.29, 1.82) is 0 Å². The first-order valence-electron chi connectivity index (χ1n) is 6.31. The van der Waals surface area contributed by atoms with Gasteiger partial charge in [0.05, 0.1) is 0 Å². The first-order valence-corrected chi connectivity index (χ1v) is 7.36. The number of anilines is 1. The second-order valence-electron chi connectivity index (χ2n) is 4.89. The van der Waals surface area contributed by atoms with E-state index in [9.17, 15) is 4.79 Å². The van der Waals surface area contributed by atoms with Crippen LogP contribution in [0.4, 0.5) is 5.69 Å². The van der Waals surface area contributed by atoms with Crippen molar-refractivity contribution >= 4 is 23.4 Å². The third kappa shape index (κ3) is 2.34. The number of benzene rings is 1. The van der Waals surface area contributed by atoms with Crippen molar-refractivity contribution in [3.63, 3.8) is 0 Å². The van der Waals surface area contributed by atoms with E-state index in [-0.39, 0.29) is 11.2 Å². The average Bonchev–Trinajstić information content (AvgIpc) is 2.34. The minimum Gasteiger partial charge on any atom is -0.370 e. The lowest BCUT2D eigenvalue weighted by Gasteiger charge is -2.41. The minimum atomic E-state index is -0.616. The predicted molar refractivity (Wildman–Crippen MR) is 77.9 cm³/mol. The van der Waals surface area contributed by atoms with Gasteiger partial charge in [-0.3, -0.25) is 4.79 Å². The third-order valence-electron chi connectivity index (χ3n) is 3.72. The van der Waals surface area contributed by atoms with Crippen LogP contribution in [-0.2, 0) is 4.79 Å². The van der Waals surface area contributed by atoms with Gasteiger partial charge in [0, 0.05) is 10.9 Å². The van der Waals surface area contributed by atoms with E-state index in [1.54, 1.807) is 0 Å². The Morgan fingerprint density at radius 3 is 2.83 bits per heavy atom. The lowest BCUT2D eigenvalue weighted by molar-refractivity contribution is -0.122. The number of carbonyl (C=O) groups is 1. The fraction of sp³-hybridized carbons (Fsp3) is 0.500. The van der Waals surface area contributed by atoms with E-state index in [1.165, 1.54) is 0 Å². The number of para-hydroxylation sites is 1. The number of hydrogen-bond acceptors (Lipinski definition) is 3. The Bertz CT molecular complexity index is 449. The molecular weight excluding hydrogens is 244 g/mol. The van der Waals surface area contributed by atoms with Gasteiger partial charge in [0.15, 0.2) is 0 Å². The van der Waals surface area contributed by atoms with Gasteiger partial charge in [-0.05, 0) is 37.1 Å². The van der Waals surface area contributed by atoms with Crippen LogP contribution in [0.2, 0.25) is 0 Å². The number of nitrogens with one attached hydrogen (secondary N) is 1. The minimum absolute atomic E-state index is 0.198. The van der Waals surface area contributed by atoms with Crippen molar-refractivity contribution in [2.75, 3.05) is 11.1 Å². The summed E-state index contributed by atoms with van der Waals surface area (Å²) in [6.07, 6.45) is 1.83. The molecule has 1 aromatic rings. The number of primary amides is 1. The van der Waals surface area contributed by atoms with Crippen molar-refractivity contribution < 1.29 is 4.79 Å². The summed E-state index contributed by atoms with van der Waals surface area (Å²) < 4.78 is 0. The van der Waals surface area contributed by atoms with E-state index in [4.69, 9.17) is 5.73 Å². The molecule has 1 aliphatic heterocycles. The van der Waals surface area contributed by atoms with E-state index < -0.39 is 5.54 Å². The molecule has 0 saturated carbocycles. The maximum absolute atomic E-state index is 11.9. The molecule has 2 unspecified atom stereocenters. The number of nitrogens with two attached hydrogens (primary N) is 1. The summed E-state index contributed by atoms with van der Waals surface area (Å²) in [5.74, 6) is 0.858. The summed E-state index contributed by atoms with van der Waals surface area (Å²) in [7, 11) is 0. The Morgan fingerprint density at radius 2 is 2.22 bits per heavy atom. The SMILES string of the molecule is Cc1ccccc1NC1(C(N)=O)CCCSC1C. The Balaban J connectivity index is 2.32. The Kier molecular flexibility index (Phi) is 3.85. The quantitative estimate of drug-likeness (QED) is 0.882. The molecule has 0 aliphatic carbocycles. The predicted octanol–water partition coefficient (Wildman–Crippen LogP) is 2.55. The summed E-state index contributed by atoms with van der Waals surface area (Å²) in [5.41, 5.74) is 7.20. The fourth-order valence-electron chi connectivity index (χ4n) is 2.46. The Labute approximate surface area is 113 Å². The topological polar surface area (TPSA) is 55.1 Å². The van der Waals surface area contributed by atoms with Gasteiger partial charge in [-0.15, -0.1) is 0 Å². The maximum Gasteiger partial charge on any atom is 0.244 e. The largest absolute Gasteiger partial charge is 0.370 e. The standard InChI is InChI=1S/C14H20N2OS/c1-10-6-3-4-7-12(10)16-14(13(15)17)8-5-9-18-11(14)2/h3-4,6-7,11,16H,5,8-9H2,1-2H3,(H2,15,17). The van der Waals surface area contributed by atoms with Crippen LogP contribution in [0.1, 0.15) is 25.3 Å². The summed E-state index contributed by atoms with van der Waals surface area (Å²) in [5, 5.41) is 3.61. The molecule has 1 aliphatic rings. The van der Waals surface area contributed by atoms with Crippen LogP contribution >= 0.6 is 11.8 Å². The summed E-state index contributed by atoms with van der Waals surface area (Å²) in [6, 6.07) is 8.02. The monoisotopic (exact) mass is 264 g/mol. The number of rotatable bonds is 3. The number of hydrogen-bond donors (Lipinski definition) is 2. The first kappa shape index (κ1) is 13.3.